The number of nitrogens with zero attached hydrogens (tertiary/aromatic N) is 2. The molecule has 1 N–H and O–H groups in total. The van der Waals surface area contributed by atoms with Gasteiger partial charge < -0.3 is 14.7 Å². The van der Waals surface area contributed by atoms with Crippen molar-refractivity contribution in [2.75, 3.05) is 39.3 Å². The zero-order valence-electron chi connectivity index (χ0n) is 11.6. The Morgan fingerprint density at radius 2 is 1.89 bits per heavy atom. The Bertz CT molecular complexity index is 347. The molecule has 1 rings (SSSR count). The summed E-state index contributed by atoms with van der Waals surface area (Å²) in [5.41, 5.74) is -0.772. The zero-order chi connectivity index (χ0) is 14.5. The van der Waals surface area contributed by atoms with E-state index in [1.54, 1.807) is 18.7 Å². The summed E-state index contributed by atoms with van der Waals surface area (Å²) in [6.07, 6.45) is 1.20. The van der Waals surface area contributed by atoms with Crippen LogP contribution in [0, 0.1) is 5.41 Å². The minimum atomic E-state index is -0.805. The van der Waals surface area contributed by atoms with Gasteiger partial charge in [-0.05, 0) is 13.8 Å². The van der Waals surface area contributed by atoms with Crippen LogP contribution in [0.2, 0.25) is 0 Å². The maximum absolute atomic E-state index is 11.6. The van der Waals surface area contributed by atoms with E-state index >= 15 is 0 Å². The molecular weight excluding hydrogens is 248 g/mol. The molecule has 0 aliphatic carbocycles. The second-order valence-electron chi connectivity index (χ2n) is 5.32. The summed E-state index contributed by atoms with van der Waals surface area (Å²) in [6.45, 7) is 10.1. The van der Waals surface area contributed by atoms with Crippen molar-refractivity contribution in [1.29, 1.82) is 0 Å². The van der Waals surface area contributed by atoms with Crippen LogP contribution in [0.4, 0.5) is 4.79 Å². The van der Waals surface area contributed by atoms with Crippen LogP contribution in [0.25, 0.3) is 0 Å². The van der Waals surface area contributed by atoms with Gasteiger partial charge in [-0.3, -0.25) is 9.69 Å². The summed E-state index contributed by atoms with van der Waals surface area (Å²) >= 11 is 0. The largest absolute Gasteiger partial charge is 0.481 e. The predicted molar refractivity (Wildman–Crippen MR) is 71.0 cm³/mol. The van der Waals surface area contributed by atoms with Gasteiger partial charge in [-0.25, -0.2) is 4.79 Å². The normalized spacial score (nSPS) is 17.1. The van der Waals surface area contributed by atoms with Crippen LogP contribution in [0.1, 0.15) is 13.8 Å². The fraction of sp³-hybridized carbons (Fsp3) is 0.692. The summed E-state index contributed by atoms with van der Waals surface area (Å²) in [7, 11) is 0. The molecule has 19 heavy (non-hydrogen) atoms. The number of amides is 1. The van der Waals surface area contributed by atoms with Crippen molar-refractivity contribution < 1.29 is 19.4 Å². The Labute approximate surface area is 113 Å². The van der Waals surface area contributed by atoms with Gasteiger partial charge >= 0.3 is 12.1 Å². The molecule has 0 atom stereocenters. The molecule has 0 saturated carbocycles. The van der Waals surface area contributed by atoms with Gasteiger partial charge in [0.05, 0.1) is 5.41 Å². The molecule has 6 nitrogen and oxygen atoms in total. The zero-order valence-corrected chi connectivity index (χ0v) is 11.6. The van der Waals surface area contributed by atoms with E-state index < -0.39 is 11.4 Å². The van der Waals surface area contributed by atoms with Crippen LogP contribution >= 0.6 is 0 Å². The van der Waals surface area contributed by atoms with Gasteiger partial charge in [-0.1, -0.05) is 12.7 Å². The Kier molecular flexibility index (Phi) is 5.35. The number of hydrogen-bond donors (Lipinski definition) is 1. The van der Waals surface area contributed by atoms with Gasteiger partial charge in [-0.2, -0.15) is 0 Å². The molecular formula is C13H22N2O4. The van der Waals surface area contributed by atoms with E-state index in [-0.39, 0.29) is 12.7 Å². The van der Waals surface area contributed by atoms with Gasteiger partial charge in [0.25, 0.3) is 0 Å². The van der Waals surface area contributed by atoms with E-state index in [9.17, 15) is 9.59 Å². The molecule has 0 unspecified atom stereocenters. The monoisotopic (exact) mass is 270 g/mol. The number of rotatable bonds is 5. The highest BCUT2D eigenvalue weighted by Gasteiger charge is 2.31. The van der Waals surface area contributed by atoms with Crippen LogP contribution in [-0.4, -0.2) is 66.3 Å². The lowest BCUT2D eigenvalue weighted by Crippen LogP contribution is -2.51. The van der Waals surface area contributed by atoms with Crippen molar-refractivity contribution in [3.8, 4) is 0 Å². The fourth-order valence-corrected chi connectivity index (χ4v) is 1.94. The lowest BCUT2D eigenvalue weighted by atomic mass is 9.93. The SMILES string of the molecule is C=CCOC(=O)N1CCN(CC(C)(C)C(=O)O)CC1. The van der Waals surface area contributed by atoms with Crippen molar-refractivity contribution >= 4 is 12.1 Å². The van der Waals surface area contributed by atoms with Gasteiger partial charge in [-0.15, -0.1) is 0 Å². The van der Waals surface area contributed by atoms with Crippen LogP contribution < -0.4 is 0 Å². The maximum Gasteiger partial charge on any atom is 0.410 e. The van der Waals surface area contributed by atoms with Crippen molar-refractivity contribution in [3.63, 3.8) is 0 Å². The quantitative estimate of drug-likeness (QED) is 0.756. The molecule has 0 bridgehead atoms. The number of carboxylic acids is 1. The van der Waals surface area contributed by atoms with Crippen molar-refractivity contribution in [2.45, 2.75) is 13.8 Å². The molecule has 1 saturated heterocycles. The molecule has 108 valence electrons. The molecule has 1 aliphatic heterocycles. The van der Waals surface area contributed by atoms with E-state index in [2.05, 4.69) is 11.5 Å². The Balaban J connectivity index is 2.39. The second kappa shape index (κ2) is 6.56. The number of piperazine rings is 1. The first kappa shape index (κ1) is 15.5. The highest BCUT2D eigenvalue weighted by atomic mass is 16.6. The molecule has 0 spiro atoms. The molecule has 0 aromatic carbocycles. The van der Waals surface area contributed by atoms with E-state index in [1.165, 1.54) is 6.08 Å². The topological polar surface area (TPSA) is 70.1 Å². The van der Waals surface area contributed by atoms with E-state index in [1.807, 2.05) is 0 Å². The highest BCUT2D eigenvalue weighted by molar-refractivity contribution is 5.73. The summed E-state index contributed by atoms with van der Waals surface area (Å²) in [4.78, 5) is 26.4. The molecule has 6 heteroatoms. The first-order chi connectivity index (χ1) is 8.86. The molecule has 1 fully saturated rings. The van der Waals surface area contributed by atoms with Gasteiger partial charge in [0.1, 0.15) is 6.61 Å². The predicted octanol–water partition coefficient (Wildman–Crippen LogP) is 1.04. The Morgan fingerprint density at radius 3 is 2.37 bits per heavy atom. The van der Waals surface area contributed by atoms with E-state index in [0.717, 1.165) is 0 Å². The first-order valence-corrected chi connectivity index (χ1v) is 6.35. The Hall–Kier alpha value is -1.56. The first-order valence-electron chi connectivity index (χ1n) is 6.35. The van der Waals surface area contributed by atoms with E-state index in [4.69, 9.17) is 9.84 Å². The van der Waals surface area contributed by atoms with E-state index in [0.29, 0.717) is 32.7 Å². The number of aliphatic carboxylic acids is 1. The lowest BCUT2D eigenvalue weighted by Gasteiger charge is -2.37. The lowest BCUT2D eigenvalue weighted by molar-refractivity contribution is -0.148. The molecule has 1 aliphatic rings. The second-order valence-corrected chi connectivity index (χ2v) is 5.32. The molecule has 0 aromatic heterocycles. The third kappa shape index (κ3) is 4.55. The molecule has 1 amide bonds. The van der Waals surface area contributed by atoms with Gasteiger partial charge in [0.15, 0.2) is 0 Å². The van der Waals surface area contributed by atoms with Crippen LogP contribution in [0.3, 0.4) is 0 Å². The van der Waals surface area contributed by atoms with Crippen molar-refractivity contribution in [1.82, 2.24) is 9.80 Å². The third-order valence-corrected chi connectivity index (χ3v) is 3.15. The van der Waals surface area contributed by atoms with Crippen LogP contribution in [0.15, 0.2) is 12.7 Å². The highest BCUT2D eigenvalue weighted by Crippen LogP contribution is 2.18. The average Bonchev–Trinajstić information content (AvgIpc) is 2.36. The van der Waals surface area contributed by atoms with Crippen molar-refractivity contribution in [2.24, 2.45) is 5.41 Å². The summed E-state index contributed by atoms with van der Waals surface area (Å²) in [5.74, 6) is -0.805. The van der Waals surface area contributed by atoms with Crippen LogP contribution in [-0.2, 0) is 9.53 Å². The summed E-state index contributed by atoms with van der Waals surface area (Å²) in [5, 5.41) is 9.09. The number of ether oxygens (including phenoxy) is 1. The maximum atomic E-state index is 11.6. The molecule has 1 heterocycles. The van der Waals surface area contributed by atoms with Crippen LogP contribution in [0.5, 0.6) is 0 Å². The van der Waals surface area contributed by atoms with Gasteiger partial charge in [0.2, 0.25) is 0 Å². The fourth-order valence-electron chi connectivity index (χ4n) is 1.94. The smallest absolute Gasteiger partial charge is 0.410 e. The number of hydrogen-bond acceptors (Lipinski definition) is 4. The number of carbonyl (C=O) groups excluding carboxylic acids is 1. The number of carboxylic acid groups (broad SMARTS) is 1. The molecule has 0 radical (unpaired) electrons. The standard InChI is InChI=1S/C13H22N2O4/c1-4-9-19-12(18)15-7-5-14(6-8-15)10-13(2,3)11(16)17/h4H,1,5-10H2,2-3H3,(H,16,17). The number of carbonyl (C=O) groups is 2. The summed E-state index contributed by atoms with van der Waals surface area (Å²) in [6, 6.07) is 0. The minimum Gasteiger partial charge on any atom is -0.481 e. The summed E-state index contributed by atoms with van der Waals surface area (Å²) < 4.78 is 4.96. The Morgan fingerprint density at radius 1 is 1.32 bits per heavy atom. The molecule has 0 aromatic rings. The van der Waals surface area contributed by atoms with Gasteiger partial charge in [0, 0.05) is 32.7 Å². The minimum absolute atomic E-state index is 0.213. The third-order valence-electron chi connectivity index (χ3n) is 3.15. The average molecular weight is 270 g/mol. The van der Waals surface area contributed by atoms with Crippen molar-refractivity contribution in [3.05, 3.63) is 12.7 Å².